The molecular formula is C18H32O7. The molecule has 1 rings (SSSR count). The van der Waals surface area contributed by atoms with Crippen LogP contribution in [0.3, 0.4) is 0 Å². The largest absolute Gasteiger partial charge is 0.458 e. The molecule has 0 spiro atoms. The van der Waals surface area contributed by atoms with Crippen LogP contribution in [0.5, 0.6) is 0 Å². The molecule has 0 aromatic heterocycles. The number of aliphatic hydroxyl groups is 1. The highest BCUT2D eigenvalue weighted by atomic mass is 16.6. The van der Waals surface area contributed by atoms with Crippen molar-refractivity contribution in [1.29, 1.82) is 0 Å². The lowest BCUT2D eigenvalue weighted by Crippen LogP contribution is -2.31. The number of hydrogen-bond donors (Lipinski definition) is 1. The lowest BCUT2D eigenvalue weighted by Gasteiger charge is -2.21. The Bertz CT molecular complexity index is 457. The van der Waals surface area contributed by atoms with E-state index in [9.17, 15) is 19.5 Å². The van der Waals surface area contributed by atoms with Crippen LogP contribution in [0.2, 0.25) is 0 Å². The molecule has 1 N–H and O–H groups in total. The van der Waals surface area contributed by atoms with Crippen molar-refractivity contribution in [2.75, 3.05) is 0 Å². The third-order valence-electron chi connectivity index (χ3n) is 2.79. The summed E-state index contributed by atoms with van der Waals surface area (Å²) in [6, 6.07) is 0. The molecule has 0 aliphatic carbocycles. The zero-order valence-electron chi connectivity index (χ0n) is 16.4. The molecule has 1 aliphatic rings. The monoisotopic (exact) mass is 360 g/mol. The van der Waals surface area contributed by atoms with Crippen LogP contribution in [0.1, 0.15) is 74.1 Å². The zero-order valence-corrected chi connectivity index (χ0v) is 16.4. The Balaban J connectivity index is 0.000000463. The number of rotatable bonds is 4. The van der Waals surface area contributed by atoms with Crippen LogP contribution in [0.4, 0.5) is 0 Å². The van der Waals surface area contributed by atoms with Gasteiger partial charge < -0.3 is 19.3 Å². The van der Waals surface area contributed by atoms with Gasteiger partial charge in [0.25, 0.3) is 0 Å². The summed E-state index contributed by atoms with van der Waals surface area (Å²) in [4.78, 5) is 33.1. The number of ether oxygens (including phenoxy) is 3. The lowest BCUT2D eigenvalue weighted by atomic mass is 10.1. The topological polar surface area (TPSA) is 99.1 Å². The molecule has 2 atom stereocenters. The van der Waals surface area contributed by atoms with Crippen LogP contribution in [0, 0.1) is 0 Å². The Morgan fingerprint density at radius 2 is 1.68 bits per heavy atom. The van der Waals surface area contributed by atoms with Gasteiger partial charge in [0.15, 0.2) is 12.2 Å². The van der Waals surface area contributed by atoms with Gasteiger partial charge in [0.1, 0.15) is 11.2 Å². The van der Waals surface area contributed by atoms with Gasteiger partial charge in [-0.15, -0.1) is 0 Å². The highest BCUT2D eigenvalue weighted by Crippen LogP contribution is 2.18. The summed E-state index contributed by atoms with van der Waals surface area (Å²) in [7, 11) is 0. The van der Waals surface area contributed by atoms with E-state index in [0.717, 1.165) is 6.42 Å². The highest BCUT2D eigenvalue weighted by molar-refractivity contribution is 5.82. The summed E-state index contributed by atoms with van der Waals surface area (Å²) in [6.07, 6.45) is 0.341. The van der Waals surface area contributed by atoms with E-state index >= 15 is 0 Å². The van der Waals surface area contributed by atoms with E-state index in [1.165, 1.54) is 0 Å². The summed E-state index contributed by atoms with van der Waals surface area (Å²) in [6.45, 7) is 12.6. The summed E-state index contributed by atoms with van der Waals surface area (Å²) >= 11 is 0. The Kier molecular flexibility index (Phi) is 9.11. The van der Waals surface area contributed by atoms with Crippen molar-refractivity contribution < 1.29 is 33.7 Å². The van der Waals surface area contributed by atoms with Crippen molar-refractivity contribution in [3.63, 3.8) is 0 Å². The second-order valence-electron chi connectivity index (χ2n) is 7.89. The molecule has 7 heteroatoms. The fourth-order valence-corrected chi connectivity index (χ4v) is 1.82. The van der Waals surface area contributed by atoms with Crippen LogP contribution in [-0.2, 0) is 28.6 Å². The molecule has 0 amide bonds. The van der Waals surface area contributed by atoms with E-state index in [0.29, 0.717) is 19.3 Å². The predicted octanol–water partition coefficient (Wildman–Crippen LogP) is 2.52. The summed E-state index contributed by atoms with van der Waals surface area (Å²) in [5.74, 6) is -1.29. The highest BCUT2D eigenvalue weighted by Gasteiger charge is 2.33. The van der Waals surface area contributed by atoms with E-state index < -0.39 is 35.3 Å². The first-order valence-electron chi connectivity index (χ1n) is 8.58. The Hall–Kier alpha value is -1.63. The number of aliphatic hydroxyl groups excluding tert-OH is 1. The van der Waals surface area contributed by atoms with Crippen LogP contribution in [0.25, 0.3) is 0 Å². The van der Waals surface area contributed by atoms with Crippen molar-refractivity contribution in [3.8, 4) is 0 Å². The standard InChI is InChI=1S/C9H14O4.C9H18O3/c1-9(2,3)13-8(11)6-4-5-7(10)12-6;1-5-6-7(10)8(11)12-9(2,3)4/h6H,4-5H2,1-3H3;7,10H,5-6H2,1-4H3/t6-;7-/m01/s1. The average molecular weight is 360 g/mol. The summed E-state index contributed by atoms with van der Waals surface area (Å²) in [5.41, 5.74) is -1.03. The fourth-order valence-electron chi connectivity index (χ4n) is 1.82. The average Bonchev–Trinajstić information content (AvgIpc) is 2.82. The molecule has 0 aromatic rings. The van der Waals surface area contributed by atoms with Crippen LogP contribution < -0.4 is 0 Å². The first kappa shape index (κ1) is 23.4. The molecule has 1 aliphatic heterocycles. The van der Waals surface area contributed by atoms with Crippen molar-refractivity contribution in [1.82, 2.24) is 0 Å². The minimum atomic E-state index is -0.964. The first-order valence-corrected chi connectivity index (χ1v) is 8.58. The minimum absolute atomic E-state index is 0.309. The molecule has 0 unspecified atom stereocenters. The minimum Gasteiger partial charge on any atom is -0.458 e. The molecule has 0 aromatic carbocycles. The Morgan fingerprint density at radius 1 is 1.16 bits per heavy atom. The third-order valence-corrected chi connectivity index (χ3v) is 2.79. The number of carbonyl (C=O) groups is 3. The van der Waals surface area contributed by atoms with Crippen LogP contribution in [0.15, 0.2) is 0 Å². The number of esters is 3. The number of carbonyl (C=O) groups excluding carboxylic acids is 3. The smallest absolute Gasteiger partial charge is 0.347 e. The van der Waals surface area contributed by atoms with E-state index in [-0.39, 0.29) is 5.97 Å². The quantitative estimate of drug-likeness (QED) is 0.607. The van der Waals surface area contributed by atoms with Gasteiger partial charge in [0.2, 0.25) is 0 Å². The first-order chi connectivity index (χ1) is 11.2. The molecule has 146 valence electrons. The van der Waals surface area contributed by atoms with Crippen LogP contribution >= 0.6 is 0 Å². The van der Waals surface area contributed by atoms with Gasteiger partial charge in [0.05, 0.1) is 0 Å². The lowest BCUT2D eigenvalue weighted by molar-refractivity contribution is -0.170. The predicted molar refractivity (Wildman–Crippen MR) is 91.7 cm³/mol. The van der Waals surface area contributed by atoms with Crippen molar-refractivity contribution >= 4 is 17.9 Å². The zero-order chi connectivity index (χ0) is 19.8. The fraction of sp³-hybridized carbons (Fsp3) is 0.833. The van der Waals surface area contributed by atoms with E-state index in [1.54, 1.807) is 41.5 Å². The van der Waals surface area contributed by atoms with Crippen molar-refractivity contribution in [2.45, 2.75) is 97.6 Å². The Morgan fingerprint density at radius 3 is 2.04 bits per heavy atom. The molecule has 1 saturated heterocycles. The van der Waals surface area contributed by atoms with Gasteiger partial charge in [-0.05, 0) is 48.0 Å². The normalized spacial score (nSPS) is 18.6. The van der Waals surface area contributed by atoms with Gasteiger partial charge in [-0.2, -0.15) is 0 Å². The van der Waals surface area contributed by atoms with Crippen molar-refractivity contribution in [3.05, 3.63) is 0 Å². The Labute approximate surface area is 150 Å². The number of cyclic esters (lactones) is 1. The van der Waals surface area contributed by atoms with Gasteiger partial charge in [-0.3, -0.25) is 4.79 Å². The van der Waals surface area contributed by atoms with Gasteiger partial charge in [-0.25, -0.2) is 9.59 Å². The molecule has 0 bridgehead atoms. The molecule has 25 heavy (non-hydrogen) atoms. The maximum absolute atomic E-state index is 11.3. The SMILES string of the molecule is CC(C)(C)OC(=O)[C@@H]1CCC(=O)O1.CCC[C@@H](O)C(=O)OC(C)(C)C. The molecule has 0 saturated carbocycles. The van der Waals surface area contributed by atoms with Gasteiger partial charge in [0, 0.05) is 12.8 Å². The second-order valence-corrected chi connectivity index (χ2v) is 7.89. The maximum atomic E-state index is 11.3. The van der Waals surface area contributed by atoms with E-state index in [4.69, 9.17) is 14.2 Å². The molecular weight excluding hydrogens is 328 g/mol. The summed E-state index contributed by atoms with van der Waals surface area (Å²) < 4.78 is 14.8. The number of hydrogen-bond acceptors (Lipinski definition) is 7. The molecule has 7 nitrogen and oxygen atoms in total. The van der Waals surface area contributed by atoms with Crippen LogP contribution in [-0.4, -0.2) is 46.4 Å². The van der Waals surface area contributed by atoms with E-state index in [1.807, 2.05) is 6.92 Å². The van der Waals surface area contributed by atoms with Gasteiger partial charge >= 0.3 is 17.9 Å². The van der Waals surface area contributed by atoms with E-state index in [2.05, 4.69) is 0 Å². The van der Waals surface area contributed by atoms with Crippen molar-refractivity contribution in [2.24, 2.45) is 0 Å². The molecule has 1 heterocycles. The molecule has 1 fully saturated rings. The molecule has 0 radical (unpaired) electrons. The third kappa shape index (κ3) is 11.5. The maximum Gasteiger partial charge on any atom is 0.347 e. The van der Waals surface area contributed by atoms with Gasteiger partial charge in [-0.1, -0.05) is 13.3 Å². The second kappa shape index (κ2) is 9.75. The summed E-state index contributed by atoms with van der Waals surface area (Å²) in [5, 5.41) is 9.21.